The molecule has 42 heavy (non-hydrogen) atoms. The number of hydrogen-bond donors (Lipinski definition) is 0. The molecule has 4 atom stereocenters. The average molecular weight is 573 g/mol. The Hall–Kier alpha value is -3.61. The van der Waals surface area contributed by atoms with Gasteiger partial charge in [0, 0.05) is 32.1 Å². The fourth-order valence-electron chi connectivity index (χ4n) is 6.62. The summed E-state index contributed by atoms with van der Waals surface area (Å²) in [7, 11) is 0. The number of carbonyl (C=O) groups excluding carboxylic acids is 3. The Morgan fingerprint density at radius 2 is 1.10 bits per heavy atom. The summed E-state index contributed by atoms with van der Waals surface area (Å²) in [5, 5.41) is 0. The SMILES string of the molecule is C=C[C@H]1C[C@@H]1C1CCN(C(=O)OCc2ccccc2)CC1.O=C[C@H]1C[C@@H]1C1CCN(C(=O)OCc2ccccc2)CC1. The quantitative estimate of drug-likeness (QED) is 0.259. The van der Waals surface area contributed by atoms with Crippen LogP contribution in [0.5, 0.6) is 0 Å². The number of benzene rings is 2. The second kappa shape index (κ2) is 14.5. The van der Waals surface area contributed by atoms with Gasteiger partial charge in [0.2, 0.25) is 0 Å². The van der Waals surface area contributed by atoms with E-state index in [1.54, 1.807) is 4.90 Å². The summed E-state index contributed by atoms with van der Waals surface area (Å²) >= 11 is 0. The van der Waals surface area contributed by atoms with E-state index in [-0.39, 0.29) is 18.1 Å². The van der Waals surface area contributed by atoms with Crippen molar-refractivity contribution in [2.75, 3.05) is 26.2 Å². The van der Waals surface area contributed by atoms with Crippen LogP contribution in [0.25, 0.3) is 0 Å². The molecule has 4 fully saturated rings. The van der Waals surface area contributed by atoms with Crippen molar-refractivity contribution in [2.45, 2.75) is 51.7 Å². The Balaban J connectivity index is 0.000000168. The molecule has 0 N–H and O–H groups in total. The Bertz CT molecular complexity index is 1080. The fraction of sp³-hybridized carbons (Fsp3) is 0.514. The van der Waals surface area contributed by atoms with Crippen molar-refractivity contribution in [1.82, 2.24) is 9.80 Å². The number of ether oxygens (including phenoxy) is 2. The minimum atomic E-state index is -0.222. The molecule has 2 aromatic rings. The molecule has 2 aliphatic carbocycles. The van der Waals surface area contributed by atoms with Gasteiger partial charge in [-0.15, -0.1) is 6.58 Å². The molecule has 224 valence electrons. The van der Waals surface area contributed by atoms with E-state index in [1.807, 2.05) is 65.6 Å². The van der Waals surface area contributed by atoms with E-state index in [1.165, 1.54) is 6.42 Å². The molecule has 2 aliphatic heterocycles. The molecule has 2 saturated heterocycles. The monoisotopic (exact) mass is 572 g/mol. The fourth-order valence-corrected chi connectivity index (χ4v) is 6.62. The number of rotatable bonds is 8. The van der Waals surface area contributed by atoms with Crippen molar-refractivity contribution in [2.24, 2.45) is 35.5 Å². The van der Waals surface area contributed by atoms with Crippen LogP contribution in [0.1, 0.15) is 49.7 Å². The highest BCUT2D eigenvalue weighted by molar-refractivity contribution is 5.68. The normalized spacial score (nSPS) is 25.4. The summed E-state index contributed by atoms with van der Waals surface area (Å²) in [6.45, 7) is 7.73. The van der Waals surface area contributed by atoms with E-state index >= 15 is 0 Å². The van der Waals surface area contributed by atoms with Gasteiger partial charge in [-0.25, -0.2) is 9.59 Å². The van der Waals surface area contributed by atoms with Crippen LogP contribution in [0.2, 0.25) is 0 Å². The summed E-state index contributed by atoms with van der Waals surface area (Å²) < 4.78 is 10.7. The van der Waals surface area contributed by atoms with Gasteiger partial charge in [0.05, 0.1) is 0 Å². The minimum absolute atomic E-state index is 0.173. The van der Waals surface area contributed by atoms with Crippen molar-refractivity contribution in [1.29, 1.82) is 0 Å². The number of likely N-dealkylation sites (tertiary alicyclic amines) is 2. The van der Waals surface area contributed by atoms with Crippen LogP contribution in [0.3, 0.4) is 0 Å². The van der Waals surface area contributed by atoms with E-state index < -0.39 is 0 Å². The number of aldehydes is 1. The molecule has 7 heteroatoms. The minimum Gasteiger partial charge on any atom is -0.445 e. The second-order valence-corrected chi connectivity index (χ2v) is 12.2. The van der Waals surface area contributed by atoms with Gasteiger partial charge in [0.15, 0.2) is 0 Å². The third-order valence-electron chi connectivity index (χ3n) is 9.48. The lowest BCUT2D eigenvalue weighted by molar-refractivity contribution is -0.109. The van der Waals surface area contributed by atoms with Crippen LogP contribution in [0.4, 0.5) is 9.59 Å². The summed E-state index contributed by atoms with van der Waals surface area (Å²) in [5.41, 5.74) is 2.04. The predicted octanol–water partition coefficient (Wildman–Crippen LogP) is 6.73. The van der Waals surface area contributed by atoms with Gasteiger partial charge in [-0.2, -0.15) is 0 Å². The van der Waals surface area contributed by atoms with E-state index in [2.05, 4.69) is 12.7 Å². The molecule has 7 nitrogen and oxygen atoms in total. The predicted molar refractivity (Wildman–Crippen MR) is 161 cm³/mol. The lowest BCUT2D eigenvalue weighted by Crippen LogP contribution is -2.39. The Morgan fingerprint density at radius 3 is 1.45 bits per heavy atom. The van der Waals surface area contributed by atoms with Crippen LogP contribution in [0.15, 0.2) is 73.3 Å². The Labute approximate surface area is 249 Å². The molecule has 0 bridgehead atoms. The van der Waals surface area contributed by atoms with Gasteiger partial charge in [-0.1, -0.05) is 66.7 Å². The first-order valence-corrected chi connectivity index (χ1v) is 15.5. The first kappa shape index (κ1) is 29.9. The molecular formula is C35H44N2O5. The number of carbonyl (C=O) groups is 3. The summed E-state index contributed by atoms with van der Waals surface area (Å²) in [4.78, 5) is 38.5. The largest absolute Gasteiger partial charge is 0.445 e. The van der Waals surface area contributed by atoms with Crippen molar-refractivity contribution >= 4 is 18.5 Å². The van der Waals surface area contributed by atoms with Gasteiger partial charge in [0.1, 0.15) is 19.5 Å². The number of piperidine rings is 2. The molecule has 0 unspecified atom stereocenters. The van der Waals surface area contributed by atoms with Crippen LogP contribution < -0.4 is 0 Å². The Morgan fingerprint density at radius 1 is 0.690 bits per heavy atom. The lowest BCUT2D eigenvalue weighted by Gasteiger charge is -2.31. The van der Waals surface area contributed by atoms with Crippen molar-refractivity contribution in [3.05, 3.63) is 84.4 Å². The topological polar surface area (TPSA) is 76.2 Å². The van der Waals surface area contributed by atoms with Gasteiger partial charge in [-0.3, -0.25) is 0 Å². The van der Waals surface area contributed by atoms with E-state index in [0.717, 1.165) is 93.4 Å². The maximum absolute atomic E-state index is 12.1. The van der Waals surface area contributed by atoms with Crippen molar-refractivity contribution in [3.63, 3.8) is 0 Å². The van der Waals surface area contributed by atoms with Crippen LogP contribution >= 0.6 is 0 Å². The first-order chi connectivity index (χ1) is 20.6. The lowest BCUT2D eigenvalue weighted by atomic mass is 9.91. The first-order valence-electron chi connectivity index (χ1n) is 15.5. The van der Waals surface area contributed by atoms with Crippen LogP contribution in [0, 0.1) is 35.5 Å². The van der Waals surface area contributed by atoms with Crippen LogP contribution in [-0.2, 0) is 27.5 Å². The number of hydrogen-bond acceptors (Lipinski definition) is 5. The van der Waals surface area contributed by atoms with Gasteiger partial charge >= 0.3 is 12.2 Å². The smallest absolute Gasteiger partial charge is 0.410 e. The maximum Gasteiger partial charge on any atom is 0.410 e. The number of amides is 2. The third kappa shape index (κ3) is 8.24. The molecule has 2 amide bonds. The molecule has 0 aromatic heterocycles. The molecular weight excluding hydrogens is 528 g/mol. The van der Waals surface area contributed by atoms with E-state index in [9.17, 15) is 14.4 Å². The highest BCUT2D eigenvalue weighted by Gasteiger charge is 2.44. The number of allylic oxidation sites excluding steroid dienone is 1. The molecule has 6 rings (SSSR count). The van der Waals surface area contributed by atoms with Gasteiger partial charge in [0.25, 0.3) is 0 Å². The van der Waals surface area contributed by atoms with Gasteiger partial charge < -0.3 is 24.1 Å². The van der Waals surface area contributed by atoms with E-state index in [0.29, 0.717) is 25.0 Å². The van der Waals surface area contributed by atoms with E-state index in [4.69, 9.17) is 9.47 Å². The van der Waals surface area contributed by atoms with Crippen molar-refractivity contribution in [3.8, 4) is 0 Å². The second-order valence-electron chi connectivity index (χ2n) is 12.2. The maximum atomic E-state index is 12.1. The zero-order chi connectivity index (χ0) is 29.3. The summed E-state index contributed by atoms with van der Waals surface area (Å²) in [6.07, 6.45) is 9.33. The Kier molecular flexibility index (Phi) is 10.3. The number of nitrogens with zero attached hydrogens (tertiary/aromatic N) is 2. The highest BCUT2D eigenvalue weighted by Crippen LogP contribution is 2.48. The third-order valence-corrected chi connectivity index (χ3v) is 9.48. The molecule has 0 spiro atoms. The van der Waals surface area contributed by atoms with Crippen molar-refractivity contribution < 1.29 is 23.9 Å². The molecule has 2 aromatic carbocycles. The zero-order valence-corrected chi connectivity index (χ0v) is 24.5. The standard InChI is InChI=1S/C18H23NO2.C17H21NO3/c1-2-15-12-17(15)16-8-10-19(11-9-16)18(20)21-13-14-6-4-3-5-7-14;19-11-15-10-16(15)14-6-8-18(9-7-14)17(20)21-12-13-4-2-1-3-5-13/h2-7,15-17H,1,8-13H2;1-5,11,14-16H,6-10,12H2/t15-,17-;15-,16-/m01/s1. The average Bonchev–Trinajstić information content (AvgIpc) is 3.99. The molecule has 4 aliphatic rings. The summed E-state index contributed by atoms with van der Waals surface area (Å²) in [5.74, 6) is 3.79. The molecule has 0 radical (unpaired) electrons. The molecule has 2 heterocycles. The highest BCUT2D eigenvalue weighted by atomic mass is 16.6. The zero-order valence-electron chi connectivity index (χ0n) is 24.5. The van der Waals surface area contributed by atoms with Crippen LogP contribution in [-0.4, -0.2) is 54.5 Å². The summed E-state index contributed by atoms with van der Waals surface area (Å²) in [6, 6.07) is 19.6. The van der Waals surface area contributed by atoms with Gasteiger partial charge in [-0.05, 0) is 79.2 Å². The molecule has 2 saturated carbocycles.